The van der Waals surface area contributed by atoms with E-state index in [4.69, 9.17) is 23.0 Å². The molecule has 29 heavy (non-hydrogen) atoms. The van der Waals surface area contributed by atoms with E-state index in [1.165, 1.54) is 0 Å². The zero-order chi connectivity index (χ0) is 20.3. The van der Waals surface area contributed by atoms with Crippen molar-refractivity contribution < 1.29 is 0 Å². The van der Waals surface area contributed by atoms with Crippen LogP contribution in [0.25, 0.3) is 10.9 Å². The molecular weight excluding hydrogens is 384 g/mol. The van der Waals surface area contributed by atoms with E-state index in [9.17, 15) is 5.26 Å². The molecule has 3 heterocycles. The van der Waals surface area contributed by atoms with Crippen LogP contribution in [-0.4, -0.2) is 36.3 Å². The topological polar surface area (TPSA) is 76.7 Å². The summed E-state index contributed by atoms with van der Waals surface area (Å²) >= 11 is 6.08. The number of hydrogen-bond donors (Lipinski definition) is 1. The molecule has 1 aromatic heterocycles. The summed E-state index contributed by atoms with van der Waals surface area (Å²) in [5.41, 5.74) is 1.20. The molecule has 7 heteroatoms. The Morgan fingerprint density at radius 2 is 2.03 bits per heavy atom. The summed E-state index contributed by atoms with van der Waals surface area (Å²) in [4.78, 5) is 7.02. The lowest BCUT2D eigenvalue weighted by Crippen LogP contribution is -2.43. The third kappa shape index (κ3) is 4.50. The molecule has 2 aliphatic heterocycles. The predicted octanol–water partition coefficient (Wildman–Crippen LogP) is 4.28. The fraction of sp³-hybridized carbons (Fsp3) is 0.455. The van der Waals surface area contributed by atoms with Gasteiger partial charge in [0.05, 0.1) is 17.1 Å². The van der Waals surface area contributed by atoms with Crippen LogP contribution in [0.4, 0.5) is 5.82 Å². The van der Waals surface area contributed by atoms with Gasteiger partial charge >= 0.3 is 0 Å². The molecule has 4 rings (SSSR count). The highest BCUT2D eigenvalue weighted by molar-refractivity contribution is 6.31. The average Bonchev–Trinajstić information content (AvgIpc) is 3.52. The first-order valence-corrected chi connectivity index (χ1v) is 10.4. The van der Waals surface area contributed by atoms with Crippen LogP contribution in [0, 0.1) is 23.7 Å². The molecule has 0 unspecified atom stereocenters. The van der Waals surface area contributed by atoms with Gasteiger partial charge in [0.25, 0.3) is 0 Å². The summed E-state index contributed by atoms with van der Waals surface area (Å²) in [7, 11) is 0. The van der Waals surface area contributed by atoms with Gasteiger partial charge < -0.3 is 10.2 Å². The van der Waals surface area contributed by atoms with Crippen LogP contribution in [0.5, 0.6) is 0 Å². The van der Waals surface area contributed by atoms with Crippen molar-refractivity contribution in [2.75, 3.05) is 24.5 Å². The molecule has 0 atom stereocenters. The summed E-state index contributed by atoms with van der Waals surface area (Å²) in [6, 6.07) is 10.1. The van der Waals surface area contributed by atoms with Gasteiger partial charge in [-0.2, -0.15) is 15.5 Å². The highest BCUT2D eigenvalue weighted by Crippen LogP contribution is 2.36. The molecule has 0 aliphatic carbocycles. The molecule has 2 aliphatic rings. The normalized spacial score (nSPS) is 17.8. The van der Waals surface area contributed by atoms with Crippen molar-refractivity contribution in [2.24, 2.45) is 10.2 Å². The standard InChI is InChI=1S/C22H23ClN6/c1-2-3-8-22(27-28-22)9-10-25-18-6-11-29(12-7-18)21-13-16(15-24)19-14-17(23)4-5-20(19)26-21/h1,4-5,13-14,18,25H,3,6-12H2. The lowest BCUT2D eigenvalue weighted by atomic mass is 10.0. The van der Waals surface area contributed by atoms with Crippen molar-refractivity contribution in [1.82, 2.24) is 10.3 Å². The molecule has 1 fully saturated rings. The van der Waals surface area contributed by atoms with Crippen LogP contribution in [-0.2, 0) is 0 Å². The third-order valence-electron chi connectivity index (χ3n) is 5.71. The number of pyridine rings is 1. The van der Waals surface area contributed by atoms with E-state index in [-0.39, 0.29) is 5.66 Å². The Morgan fingerprint density at radius 3 is 2.72 bits per heavy atom. The Kier molecular flexibility index (Phi) is 5.67. The summed E-state index contributed by atoms with van der Waals surface area (Å²) in [5, 5.41) is 23.0. The summed E-state index contributed by atoms with van der Waals surface area (Å²) < 4.78 is 0. The maximum absolute atomic E-state index is 9.54. The zero-order valence-corrected chi connectivity index (χ0v) is 17.0. The molecule has 0 saturated carbocycles. The van der Waals surface area contributed by atoms with Crippen molar-refractivity contribution in [3.8, 4) is 18.4 Å². The summed E-state index contributed by atoms with van der Waals surface area (Å²) in [6.45, 7) is 2.72. The number of hydrogen-bond acceptors (Lipinski definition) is 6. The fourth-order valence-corrected chi connectivity index (χ4v) is 4.07. The number of nitriles is 1. The Bertz CT molecular complexity index is 1000. The Labute approximate surface area is 176 Å². The monoisotopic (exact) mass is 406 g/mol. The predicted molar refractivity (Wildman–Crippen MR) is 115 cm³/mol. The van der Waals surface area contributed by atoms with Gasteiger partial charge in [-0.05, 0) is 43.7 Å². The van der Waals surface area contributed by atoms with Crippen molar-refractivity contribution in [2.45, 2.75) is 43.8 Å². The second-order valence-electron chi connectivity index (χ2n) is 7.65. The molecule has 6 nitrogen and oxygen atoms in total. The van der Waals surface area contributed by atoms with Crippen LogP contribution >= 0.6 is 11.6 Å². The van der Waals surface area contributed by atoms with E-state index in [2.05, 4.69) is 32.4 Å². The SMILES string of the molecule is C#CCCC1(CCNC2CCN(c3cc(C#N)c4cc(Cl)ccc4n3)CC2)N=N1. The van der Waals surface area contributed by atoms with Gasteiger partial charge in [0.1, 0.15) is 5.82 Å². The number of nitrogens with one attached hydrogen (secondary N) is 1. The number of rotatable bonds is 7. The van der Waals surface area contributed by atoms with E-state index in [0.717, 1.165) is 68.5 Å². The number of piperidine rings is 1. The van der Waals surface area contributed by atoms with E-state index in [0.29, 0.717) is 16.6 Å². The molecule has 148 valence electrons. The van der Waals surface area contributed by atoms with Crippen LogP contribution in [0.2, 0.25) is 5.02 Å². The number of nitrogens with zero attached hydrogens (tertiary/aromatic N) is 5. The highest BCUT2D eigenvalue weighted by Gasteiger charge is 2.38. The molecule has 1 aromatic carbocycles. The summed E-state index contributed by atoms with van der Waals surface area (Å²) in [6.07, 6.45) is 9.90. The number of anilines is 1. The Balaban J connectivity index is 1.32. The van der Waals surface area contributed by atoms with Gasteiger partial charge in [-0.25, -0.2) is 4.98 Å². The van der Waals surface area contributed by atoms with Crippen molar-refractivity contribution in [3.05, 3.63) is 34.9 Å². The molecule has 0 spiro atoms. The number of halogens is 1. The smallest absolute Gasteiger partial charge is 0.193 e. The van der Waals surface area contributed by atoms with Crippen molar-refractivity contribution in [3.63, 3.8) is 0 Å². The molecule has 0 radical (unpaired) electrons. The van der Waals surface area contributed by atoms with Gasteiger partial charge in [-0.1, -0.05) is 11.6 Å². The zero-order valence-electron chi connectivity index (χ0n) is 16.2. The van der Waals surface area contributed by atoms with Gasteiger partial charge in [-0.3, -0.25) is 0 Å². The molecule has 2 aromatic rings. The van der Waals surface area contributed by atoms with Gasteiger partial charge in [0, 0.05) is 48.8 Å². The first kappa shape index (κ1) is 19.6. The third-order valence-corrected chi connectivity index (χ3v) is 5.94. The van der Waals surface area contributed by atoms with Crippen molar-refractivity contribution >= 4 is 28.3 Å². The maximum Gasteiger partial charge on any atom is 0.193 e. The number of benzene rings is 1. The van der Waals surface area contributed by atoms with Gasteiger partial charge in [0.15, 0.2) is 5.66 Å². The molecule has 1 N–H and O–H groups in total. The van der Waals surface area contributed by atoms with Crippen LogP contribution in [0.3, 0.4) is 0 Å². The molecular formula is C22H23ClN6. The molecule has 0 bridgehead atoms. The fourth-order valence-electron chi connectivity index (χ4n) is 3.90. The minimum atomic E-state index is -0.217. The van der Waals surface area contributed by atoms with E-state index < -0.39 is 0 Å². The second-order valence-corrected chi connectivity index (χ2v) is 8.09. The highest BCUT2D eigenvalue weighted by atomic mass is 35.5. The molecule has 1 saturated heterocycles. The number of terminal acetylenes is 1. The largest absolute Gasteiger partial charge is 0.356 e. The minimum Gasteiger partial charge on any atom is -0.356 e. The van der Waals surface area contributed by atoms with Gasteiger partial charge in [-0.15, -0.1) is 12.3 Å². The van der Waals surface area contributed by atoms with Crippen molar-refractivity contribution in [1.29, 1.82) is 5.26 Å². The van der Waals surface area contributed by atoms with Gasteiger partial charge in [0.2, 0.25) is 0 Å². The van der Waals surface area contributed by atoms with E-state index in [1.807, 2.05) is 18.2 Å². The lowest BCUT2D eigenvalue weighted by Gasteiger charge is -2.33. The minimum absolute atomic E-state index is 0.217. The Morgan fingerprint density at radius 1 is 1.24 bits per heavy atom. The summed E-state index contributed by atoms with van der Waals surface area (Å²) in [5.74, 6) is 3.53. The van der Waals surface area contributed by atoms with Crippen LogP contribution in [0.1, 0.15) is 37.7 Å². The lowest BCUT2D eigenvalue weighted by molar-refractivity contribution is 0.391. The average molecular weight is 407 g/mol. The van der Waals surface area contributed by atoms with E-state index >= 15 is 0 Å². The molecule has 0 amide bonds. The Hall–Kier alpha value is -2.67. The quantitative estimate of drug-likeness (QED) is 0.696. The van der Waals surface area contributed by atoms with E-state index in [1.54, 1.807) is 6.07 Å². The van der Waals surface area contributed by atoms with Crippen LogP contribution in [0.15, 0.2) is 34.5 Å². The first-order valence-electron chi connectivity index (χ1n) is 9.99. The van der Waals surface area contributed by atoms with Crippen LogP contribution < -0.4 is 10.2 Å². The first-order chi connectivity index (χ1) is 14.1. The number of aromatic nitrogens is 1. The number of fused-ring (bicyclic) bond motifs is 1. The second kappa shape index (κ2) is 8.37. The maximum atomic E-state index is 9.54.